The smallest absolute Gasteiger partial charge is 0.275 e. The Labute approximate surface area is 107 Å². The molecule has 1 aromatic carbocycles. The van der Waals surface area contributed by atoms with Crippen LogP contribution in [-0.4, -0.2) is 23.6 Å². The second-order valence-corrected chi connectivity index (χ2v) is 4.93. The molecule has 1 unspecified atom stereocenters. The molecule has 0 saturated carbocycles. The van der Waals surface area contributed by atoms with Gasteiger partial charge in [0.2, 0.25) is 0 Å². The zero-order valence-electron chi connectivity index (χ0n) is 11.3. The second-order valence-electron chi connectivity index (χ2n) is 4.93. The van der Waals surface area contributed by atoms with E-state index >= 15 is 0 Å². The van der Waals surface area contributed by atoms with Crippen LogP contribution in [0.5, 0.6) is 0 Å². The largest absolute Gasteiger partial charge is 0.394 e. The Hall–Kier alpha value is -1.81. The molecule has 2 aromatic rings. The highest BCUT2D eigenvalue weighted by atomic mass is 16.1. The third kappa shape index (κ3) is 1.99. The molecule has 2 N–H and O–H groups in total. The number of anilines is 1. The van der Waals surface area contributed by atoms with E-state index in [1.807, 2.05) is 51.0 Å². The van der Waals surface area contributed by atoms with Crippen LogP contribution in [0.2, 0.25) is 0 Å². The van der Waals surface area contributed by atoms with Crippen LogP contribution in [0.4, 0.5) is 5.69 Å². The maximum absolute atomic E-state index is 12.2. The van der Waals surface area contributed by atoms with Gasteiger partial charge in [0.15, 0.2) is 0 Å². The second kappa shape index (κ2) is 4.46. The van der Waals surface area contributed by atoms with Gasteiger partial charge >= 0.3 is 0 Å². The van der Waals surface area contributed by atoms with Crippen molar-refractivity contribution < 1.29 is 0 Å². The third-order valence-electron chi connectivity index (χ3n) is 3.34. The number of aromatic nitrogens is 1. The van der Waals surface area contributed by atoms with E-state index in [-0.39, 0.29) is 11.7 Å². The molecule has 1 aromatic heterocycles. The molecule has 0 amide bonds. The number of nitrogen functional groups attached to an aromatic ring is 1. The Kier molecular flexibility index (Phi) is 3.13. The summed E-state index contributed by atoms with van der Waals surface area (Å²) in [6.45, 7) is 4.01. The Balaban J connectivity index is 2.85. The van der Waals surface area contributed by atoms with E-state index < -0.39 is 0 Å². The van der Waals surface area contributed by atoms with Gasteiger partial charge in [-0.25, -0.2) is 0 Å². The van der Waals surface area contributed by atoms with E-state index in [9.17, 15) is 4.79 Å². The van der Waals surface area contributed by atoms with Crippen molar-refractivity contribution in [3.63, 3.8) is 0 Å². The van der Waals surface area contributed by atoms with E-state index in [0.717, 1.165) is 16.5 Å². The first-order valence-electron chi connectivity index (χ1n) is 5.99. The Bertz CT molecular complexity index is 643. The molecule has 96 valence electrons. The van der Waals surface area contributed by atoms with Crippen LogP contribution in [0.1, 0.15) is 18.7 Å². The molecule has 2 rings (SSSR count). The predicted octanol–water partition coefficient (Wildman–Crippen LogP) is 1.97. The topological polar surface area (TPSA) is 51.3 Å². The number of pyridine rings is 1. The van der Waals surface area contributed by atoms with E-state index in [2.05, 4.69) is 0 Å². The fourth-order valence-electron chi connectivity index (χ4n) is 2.09. The van der Waals surface area contributed by atoms with Gasteiger partial charge < -0.3 is 5.73 Å². The molecule has 4 heteroatoms. The van der Waals surface area contributed by atoms with Crippen molar-refractivity contribution in [2.24, 2.45) is 0 Å². The van der Waals surface area contributed by atoms with Crippen molar-refractivity contribution in [1.82, 2.24) is 9.47 Å². The quantitative estimate of drug-likeness (QED) is 0.880. The molecule has 1 heterocycles. The third-order valence-corrected chi connectivity index (χ3v) is 3.34. The summed E-state index contributed by atoms with van der Waals surface area (Å²) < 4.78 is 1.74. The summed E-state index contributed by atoms with van der Waals surface area (Å²) >= 11 is 0. The SMILES string of the molecule is Cc1ccc2c(c1)cc(N)c(=O)n2C(C)N(C)C. The molecule has 18 heavy (non-hydrogen) atoms. The molecule has 0 aliphatic carbocycles. The van der Waals surface area contributed by atoms with Crippen LogP contribution in [0.3, 0.4) is 0 Å². The monoisotopic (exact) mass is 245 g/mol. The summed E-state index contributed by atoms with van der Waals surface area (Å²) in [5.74, 6) is 0. The standard InChI is InChI=1S/C14H19N3O/c1-9-5-6-13-11(7-9)8-12(15)14(18)17(13)10(2)16(3)4/h5-8,10H,15H2,1-4H3. The lowest BCUT2D eigenvalue weighted by Crippen LogP contribution is -2.33. The fraction of sp³-hybridized carbons (Fsp3) is 0.357. The number of rotatable bonds is 2. The first kappa shape index (κ1) is 12.6. The van der Waals surface area contributed by atoms with Crippen molar-refractivity contribution in [2.45, 2.75) is 20.0 Å². The molecular formula is C14H19N3O. The molecule has 0 aliphatic heterocycles. The molecule has 0 aliphatic rings. The minimum atomic E-state index is -0.132. The highest BCUT2D eigenvalue weighted by Gasteiger charge is 2.14. The molecule has 0 fully saturated rings. The summed E-state index contributed by atoms with van der Waals surface area (Å²) in [5, 5.41) is 1.00. The number of nitrogens with zero attached hydrogens (tertiary/aromatic N) is 2. The number of hydrogen-bond acceptors (Lipinski definition) is 3. The lowest BCUT2D eigenvalue weighted by molar-refractivity contribution is 0.240. The Morgan fingerprint density at radius 1 is 1.28 bits per heavy atom. The van der Waals surface area contributed by atoms with Crippen molar-refractivity contribution >= 4 is 16.6 Å². The van der Waals surface area contributed by atoms with E-state index in [1.54, 1.807) is 10.6 Å². The van der Waals surface area contributed by atoms with Crippen LogP contribution in [-0.2, 0) is 0 Å². The summed E-state index contributed by atoms with van der Waals surface area (Å²) in [5.41, 5.74) is 8.06. The summed E-state index contributed by atoms with van der Waals surface area (Å²) in [4.78, 5) is 14.2. The Morgan fingerprint density at radius 3 is 2.56 bits per heavy atom. The zero-order valence-corrected chi connectivity index (χ0v) is 11.3. The van der Waals surface area contributed by atoms with Crippen LogP contribution < -0.4 is 11.3 Å². The van der Waals surface area contributed by atoms with Crippen molar-refractivity contribution in [3.05, 3.63) is 40.2 Å². The van der Waals surface area contributed by atoms with Crippen LogP contribution in [0.25, 0.3) is 10.9 Å². The molecule has 0 bridgehead atoms. The molecule has 1 atom stereocenters. The predicted molar refractivity (Wildman–Crippen MR) is 75.8 cm³/mol. The van der Waals surface area contributed by atoms with Gasteiger partial charge in [-0.15, -0.1) is 0 Å². The average Bonchev–Trinajstić information content (AvgIpc) is 2.30. The summed E-state index contributed by atoms with van der Waals surface area (Å²) in [6.07, 6.45) is -0.0359. The van der Waals surface area contributed by atoms with Crippen LogP contribution in [0.15, 0.2) is 29.1 Å². The molecule has 0 spiro atoms. The number of fused-ring (bicyclic) bond motifs is 1. The van der Waals surface area contributed by atoms with Crippen LogP contribution in [0, 0.1) is 6.92 Å². The number of aryl methyl sites for hydroxylation is 1. The first-order chi connectivity index (χ1) is 8.41. The van der Waals surface area contributed by atoms with Crippen LogP contribution >= 0.6 is 0 Å². The lowest BCUT2D eigenvalue weighted by atomic mass is 10.1. The van der Waals surface area contributed by atoms with Gasteiger partial charge in [0.25, 0.3) is 5.56 Å². The van der Waals surface area contributed by atoms with Gasteiger partial charge in [-0.3, -0.25) is 14.3 Å². The number of hydrogen-bond donors (Lipinski definition) is 1. The maximum Gasteiger partial charge on any atom is 0.275 e. The van der Waals surface area contributed by atoms with E-state index in [1.165, 1.54) is 0 Å². The molecule has 0 radical (unpaired) electrons. The summed E-state index contributed by atoms with van der Waals surface area (Å²) in [7, 11) is 3.89. The van der Waals surface area contributed by atoms with E-state index in [4.69, 9.17) is 5.73 Å². The van der Waals surface area contributed by atoms with Gasteiger partial charge in [-0.05, 0) is 46.1 Å². The molecular weight excluding hydrogens is 226 g/mol. The van der Waals surface area contributed by atoms with E-state index in [0.29, 0.717) is 5.69 Å². The zero-order chi connectivity index (χ0) is 13.4. The minimum absolute atomic E-state index is 0.0359. The lowest BCUT2D eigenvalue weighted by Gasteiger charge is -2.24. The van der Waals surface area contributed by atoms with Gasteiger partial charge in [-0.2, -0.15) is 0 Å². The van der Waals surface area contributed by atoms with Gasteiger partial charge in [0.1, 0.15) is 0 Å². The number of benzene rings is 1. The van der Waals surface area contributed by atoms with Crippen molar-refractivity contribution in [3.8, 4) is 0 Å². The molecule has 4 nitrogen and oxygen atoms in total. The normalized spacial score (nSPS) is 13.2. The van der Waals surface area contributed by atoms with Gasteiger partial charge in [-0.1, -0.05) is 11.6 Å². The minimum Gasteiger partial charge on any atom is -0.394 e. The van der Waals surface area contributed by atoms with Crippen molar-refractivity contribution in [2.75, 3.05) is 19.8 Å². The maximum atomic E-state index is 12.2. The molecule has 0 saturated heterocycles. The highest BCUT2D eigenvalue weighted by molar-refractivity contribution is 5.82. The Morgan fingerprint density at radius 2 is 1.94 bits per heavy atom. The summed E-state index contributed by atoms with van der Waals surface area (Å²) in [6, 6.07) is 7.79. The van der Waals surface area contributed by atoms with Gasteiger partial charge in [0.05, 0.1) is 17.4 Å². The van der Waals surface area contributed by atoms with Gasteiger partial charge in [0, 0.05) is 5.39 Å². The number of nitrogens with two attached hydrogens (primary N) is 1. The average molecular weight is 245 g/mol. The fourth-order valence-corrected chi connectivity index (χ4v) is 2.09. The highest BCUT2D eigenvalue weighted by Crippen LogP contribution is 2.20. The van der Waals surface area contributed by atoms with Crippen molar-refractivity contribution in [1.29, 1.82) is 0 Å². The first-order valence-corrected chi connectivity index (χ1v) is 5.99.